The second kappa shape index (κ2) is 14.7. The van der Waals surface area contributed by atoms with Gasteiger partial charge in [-0.1, -0.05) is 72.9 Å². The molecule has 3 N–H and O–H groups in total. The Morgan fingerprint density at radius 2 is 1.84 bits per heavy atom. The summed E-state index contributed by atoms with van der Waals surface area (Å²) in [7, 11) is -4.63. The van der Waals surface area contributed by atoms with Gasteiger partial charge in [0, 0.05) is 0 Å². The zero-order chi connectivity index (χ0) is 32.9. The number of benzene rings is 1. The van der Waals surface area contributed by atoms with Crippen LogP contribution in [0, 0.1) is 23.7 Å². The molecule has 0 fully saturated rings. The maximum Gasteiger partial charge on any atom is 0.446 e. The van der Waals surface area contributed by atoms with Crippen molar-refractivity contribution in [2.45, 2.75) is 144 Å². The summed E-state index contributed by atoms with van der Waals surface area (Å²) in [5, 5.41) is 22.4. The van der Waals surface area contributed by atoms with E-state index in [4.69, 9.17) is 4.18 Å². The summed E-state index contributed by atoms with van der Waals surface area (Å²) in [4.78, 5) is 0. The highest BCUT2D eigenvalue weighted by atomic mass is 32.3. The fourth-order valence-corrected chi connectivity index (χ4v) is 8.00. The van der Waals surface area contributed by atoms with Crippen LogP contribution in [0.25, 0.3) is 0 Å². The third-order valence-electron chi connectivity index (χ3n) is 10.7. The number of hydrogen-bond acceptors (Lipinski definition) is 5. The van der Waals surface area contributed by atoms with Gasteiger partial charge in [-0.25, -0.2) is 0 Å². The topological polar surface area (TPSA) is 104 Å². The Balaban J connectivity index is 1.77. The monoisotopic (exact) mass is 630 g/mol. The van der Waals surface area contributed by atoms with Crippen LogP contribution < -0.4 is 4.18 Å². The van der Waals surface area contributed by atoms with Crippen molar-refractivity contribution in [3.63, 3.8) is 0 Å². The molecule has 2 aliphatic rings. The maximum absolute atomic E-state index is 11.6. The van der Waals surface area contributed by atoms with E-state index in [0.29, 0.717) is 25.2 Å². The molecule has 2 aliphatic carbocycles. The van der Waals surface area contributed by atoms with Gasteiger partial charge in [-0.2, -0.15) is 8.42 Å². The first kappa shape index (κ1) is 36.5. The molecule has 3 rings (SSSR count). The molecule has 2 unspecified atom stereocenters. The third kappa shape index (κ3) is 9.54. The molecule has 1 aromatic carbocycles. The first-order valence-corrected chi connectivity index (χ1v) is 17.9. The average Bonchev–Trinajstić information content (AvgIpc) is 2.90. The molecule has 7 heteroatoms. The molecule has 6 nitrogen and oxygen atoms in total. The zero-order valence-corrected chi connectivity index (χ0v) is 29.3. The predicted molar refractivity (Wildman–Crippen MR) is 180 cm³/mol. The predicted octanol–water partition coefficient (Wildman–Crippen LogP) is 9.01. The van der Waals surface area contributed by atoms with E-state index in [2.05, 4.69) is 53.7 Å². The Kier molecular flexibility index (Phi) is 12.2. The fourth-order valence-electron chi connectivity index (χ4n) is 7.61. The molecule has 0 bridgehead atoms. The number of hydrogen-bond donors (Lipinski definition) is 3. The van der Waals surface area contributed by atoms with E-state index in [9.17, 15) is 23.2 Å². The minimum atomic E-state index is -4.63. The van der Waals surface area contributed by atoms with Gasteiger partial charge < -0.3 is 14.4 Å². The number of aryl methyl sites for hydroxylation is 1. The lowest BCUT2D eigenvalue weighted by atomic mass is 9.54. The normalized spacial score (nSPS) is 26.5. The summed E-state index contributed by atoms with van der Waals surface area (Å²) in [6.45, 7) is 17.0. The van der Waals surface area contributed by atoms with Crippen LogP contribution in [0.15, 0.2) is 52.6 Å². The number of allylic oxidation sites excluding steroid dienone is 6. The zero-order valence-electron chi connectivity index (χ0n) is 28.5. The van der Waals surface area contributed by atoms with E-state index in [-0.39, 0.29) is 16.6 Å². The first-order chi connectivity index (χ1) is 20.4. The van der Waals surface area contributed by atoms with E-state index < -0.39 is 22.1 Å². The Morgan fingerprint density at radius 1 is 1.14 bits per heavy atom. The van der Waals surface area contributed by atoms with Crippen LogP contribution in [-0.4, -0.2) is 34.9 Å². The van der Waals surface area contributed by atoms with Gasteiger partial charge in [0.2, 0.25) is 0 Å². The average molecular weight is 631 g/mol. The lowest BCUT2D eigenvalue weighted by Gasteiger charge is -2.51. The van der Waals surface area contributed by atoms with Gasteiger partial charge in [-0.15, -0.1) is 0 Å². The molecule has 0 spiro atoms. The number of aliphatic hydroxyl groups is 2. The quantitative estimate of drug-likeness (QED) is 0.140. The van der Waals surface area contributed by atoms with Crippen LogP contribution in [0.4, 0.5) is 0 Å². The molecular weight excluding hydrogens is 572 g/mol. The SMILES string of the molecule is CC(C)=CCC/C(C)=C/CCC(C)(O)C(O)CC[C@]1(C)CCCC2=C1CC[C@H](C)[C@]2(C)Cc1cc(C)ccc1OS(=O)(=O)O. The van der Waals surface area contributed by atoms with Crippen LogP contribution >= 0.6 is 0 Å². The molecule has 1 aromatic rings. The van der Waals surface area contributed by atoms with Gasteiger partial charge in [0.05, 0.1) is 11.7 Å². The van der Waals surface area contributed by atoms with E-state index in [1.54, 1.807) is 19.1 Å². The van der Waals surface area contributed by atoms with Crippen molar-refractivity contribution in [3.05, 3.63) is 63.8 Å². The molecule has 0 radical (unpaired) electrons. The van der Waals surface area contributed by atoms with Crippen molar-refractivity contribution >= 4 is 10.4 Å². The van der Waals surface area contributed by atoms with Gasteiger partial charge in [-0.05, 0) is 140 Å². The van der Waals surface area contributed by atoms with Gasteiger partial charge in [-0.3, -0.25) is 4.55 Å². The summed E-state index contributed by atoms with van der Waals surface area (Å²) < 4.78 is 37.6. The molecule has 0 aromatic heterocycles. The first-order valence-electron chi connectivity index (χ1n) is 16.6. The molecule has 44 heavy (non-hydrogen) atoms. The minimum absolute atomic E-state index is 0.0617. The Bertz CT molecular complexity index is 1350. The van der Waals surface area contributed by atoms with E-state index >= 15 is 0 Å². The molecular formula is C37H58O6S. The van der Waals surface area contributed by atoms with Gasteiger partial charge in [0.25, 0.3) is 0 Å². The van der Waals surface area contributed by atoms with Crippen LogP contribution in [0.3, 0.4) is 0 Å². The van der Waals surface area contributed by atoms with Gasteiger partial charge in [0.1, 0.15) is 5.75 Å². The highest BCUT2D eigenvalue weighted by Gasteiger charge is 2.46. The smallest absolute Gasteiger partial charge is 0.390 e. The largest absolute Gasteiger partial charge is 0.446 e. The van der Waals surface area contributed by atoms with Crippen molar-refractivity contribution in [2.24, 2.45) is 16.7 Å². The lowest BCUT2D eigenvalue weighted by molar-refractivity contribution is -0.0733. The van der Waals surface area contributed by atoms with E-state index in [1.807, 2.05) is 13.0 Å². The van der Waals surface area contributed by atoms with E-state index in [0.717, 1.165) is 68.9 Å². The molecule has 248 valence electrons. The summed E-state index contributed by atoms with van der Waals surface area (Å²) in [6.07, 6.45) is 14.1. The summed E-state index contributed by atoms with van der Waals surface area (Å²) in [5.41, 5.74) is 5.97. The second-order valence-electron chi connectivity index (χ2n) is 14.8. The van der Waals surface area contributed by atoms with Crippen LogP contribution in [0.5, 0.6) is 5.75 Å². The van der Waals surface area contributed by atoms with Crippen LogP contribution in [0.1, 0.15) is 130 Å². The molecule has 0 aliphatic heterocycles. The molecule has 0 saturated carbocycles. The Hall–Kier alpha value is -1.93. The standard InChI is InChI=1S/C37H58O6S/c1-26(2)12-9-13-27(3)14-10-22-37(8,39)34(38)20-23-35(6)21-11-15-32-31(35)18-17-29(5)36(32,7)25-30-24-28(4)16-19-33(30)43-44(40,41)42/h12,14,16,19,24,29,34,38-39H,9-11,13,15,17-18,20-23,25H2,1-8H3,(H,40,41,42)/b27-14+/t29-,34?,35-,36-,37?/m0/s1. The van der Waals surface area contributed by atoms with Gasteiger partial charge in [0.15, 0.2) is 0 Å². The highest BCUT2D eigenvalue weighted by Crippen LogP contribution is 2.58. The van der Waals surface area contributed by atoms with Crippen molar-refractivity contribution in [2.75, 3.05) is 0 Å². The fraction of sp³-hybridized carbons (Fsp3) is 0.676. The highest BCUT2D eigenvalue weighted by molar-refractivity contribution is 7.81. The lowest BCUT2D eigenvalue weighted by Crippen LogP contribution is -2.42. The van der Waals surface area contributed by atoms with Crippen molar-refractivity contribution < 1.29 is 27.4 Å². The second-order valence-corrected chi connectivity index (χ2v) is 15.9. The summed E-state index contributed by atoms with van der Waals surface area (Å²) in [6, 6.07) is 5.39. The molecule has 0 saturated heterocycles. The Morgan fingerprint density at radius 3 is 2.50 bits per heavy atom. The molecule has 0 heterocycles. The van der Waals surface area contributed by atoms with Crippen molar-refractivity contribution in [3.8, 4) is 5.75 Å². The number of rotatable bonds is 14. The molecule has 5 atom stereocenters. The van der Waals surface area contributed by atoms with E-state index in [1.165, 1.54) is 22.3 Å². The van der Waals surface area contributed by atoms with Crippen molar-refractivity contribution in [1.29, 1.82) is 0 Å². The minimum Gasteiger partial charge on any atom is -0.390 e. The summed E-state index contributed by atoms with van der Waals surface area (Å²) >= 11 is 0. The summed E-state index contributed by atoms with van der Waals surface area (Å²) in [5.74, 6) is 0.564. The number of aliphatic hydroxyl groups excluding tert-OH is 1. The van der Waals surface area contributed by atoms with Crippen molar-refractivity contribution in [1.82, 2.24) is 0 Å². The van der Waals surface area contributed by atoms with Crippen LogP contribution in [-0.2, 0) is 16.8 Å². The van der Waals surface area contributed by atoms with Crippen LogP contribution in [0.2, 0.25) is 0 Å². The molecule has 0 amide bonds. The van der Waals surface area contributed by atoms with Gasteiger partial charge >= 0.3 is 10.4 Å². The Labute approximate surface area is 267 Å². The maximum atomic E-state index is 11.6. The third-order valence-corrected chi connectivity index (χ3v) is 11.1.